The SMILES string of the molecule is COc1ccc(-c2nc3ncc4c(=O)n(Cc5ccc6c(c5)OCCO6)ccc4n3n2)cc1. The van der Waals surface area contributed by atoms with Crippen molar-refractivity contribution in [3.63, 3.8) is 0 Å². The number of pyridine rings is 1. The second-order valence-electron chi connectivity index (χ2n) is 7.66. The maximum atomic E-state index is 13.2. The minimum Gasteiger partial charge on any atom is -0.497 e. The van der Waals surface area contributed by atoms with Crippen LogP contribution in [0.4, 0.5) is 0 Å². The van der Waals surface area contributed by atoms with E-state index in [1.54, 1.807) is 28.6 Å². The van der Waals surface area contributed by atoms with Crippen LogP contribution in [0.25, 0.3) is 28.1 Å². The lowest BCUT2D eigenvalue weighted by Crippen LogP contribution is -2.21. The molecule has 0 saturated heterocycles. The van der Waals surface area contributed by atoms with E-state index in [4.69, 9.17) is 14.2 Å². The van der Waals surface area contributed by atoms with Gasteiger partial charge in [0, 0.05) is 18.0 Å². The molecule has 0 saturated carbocycles. The van der Waals surface area contributed by atoms with Crippen molar-refractivity contribution in [1.82, 2.24) is 24.1 Å². The fraction of sp³-hybridized carbons (Fsp3) is 0.167. The number of methoxy groups -OCH3 is 1. The minimum absolute atomic E-state index is 0.154. The highest BCUT2D eigenvalue weighted by Crippen LogP contribution is 2.31. The van der Waals surface area contributed by atoms with Crippen LogP contribution in [0.3, 0.4) is 0 Å². The molecule has 6 rings (SSSR count). The molecular formula is C24H19N5O4. The Kier molecular flexibility index (Phi) is 4.46. The average Bonchev–Trinajstić information content (AvgIpc) is 3.30. The van der Waals surface area contributed by atoms with Crippen molar-refractivity contribution in [2.24, 2.45) is 0 Å². The molecule has 0 bridgehead atoms. The summed E-state index contributed by atoms with van der Waals surface area (Å²) >= 11 is 0. The summed E-state index contributed by atoms with van der Waals surface area (Å²) in [5.41, 5.74) is 2.27. The van der Waals surface area contributed by atoms with E-state index in [0.717, 1.165) is 22.6 Å². The first kappa shape index (κ1) is 19.3. The molecule has 0 radical (unpaired) electrons. The highest BCUT2D eigenvalue weighted by molar-refractivity contribution is 5.79. The third kappa shape index (κ3) is 3.34. The molecule has 0 unspecified atom stereocenters. The molecule has 0 spiro atoms. The van der Waals surface area contributed by atoms with Crippen LogP contribution in [-0.4, -0.2) is 44.5 Å². The Labute approximate surface area is 187 Å². The fourth-order valence-electron chi connectivity index (χ4n) is 3.93. The van der Waals surface area contributed by atoms with E-state index in [1.165, 1.54) is 0 Å². The van der Waals surface area contributed by atoms with Gasteiger partial charge in [-0.1, -0.05) is 6.07 Å². The molecule has 4 heterocycles. The molecule has 0 fully saturated rings. The number of aromatic nitrogens is 5. The molecule has 1 aliphatic heterocycles. The molecule has 33 heavy (non-hydrogen) atoms. The summed E-state index contributed by atoms with van der Waals surface area (Å²) in [5, 5.41) is 5.06. The van der Waals surface area contributed by atoms with Gasteiger partial charge in [-0.15, -0.1) is 5.10 Å². The largest absolute Gasteiger partial charge is 0.497 e. The molecule has 0 atom stereocenters. The summed E-state index contributed by atoms with van der Waals surface area (Å²) in [7, 11) is 1.62. The van der Waals surface area contributed by atoms with Gasteiger partial charge in [0.25, 0.3) is 11.3 Å². The van der Waals surface area contributed by atoms with Gasteiger partial charge in [-0.2, -0.15) is 9.50 Å². The number of hydrogen-bond donors (Lipinski definition) is 0. The molecule has 1 aliphatic rings. The highest BCUT2D eigenvalue weighted by atomic mass is 16.6. The first-order valence-electron chi connectivity index (χ1n) is 10.5. The number of fused-ring (bicyclic) bond motifs is 4. The molecule has 0 aliphatic carbocycles. The van der Waals surface area contributed by atoms with Crippen molar-refractivity contribution in [1.29, 1.82) is 0 Å². The van der Waals surface area contributed by atoms with Crippen LogP contribution in [0.1, 0.15) is 5.56 Å². The van der Waals surface area contributed by atoms with Gasteiger partial charge in [-0.25, -0.2) is 4.98 Å². The lowest BCUT2D eigenvalue weighted by atomic mass is 10.2. The number of ether oxygens (including phenoxy) is 3. The van der Waals surface area contributed by atoms with Crippen LogP contribution in [0, 0.1) is 0 Å². The number of nitrogens with zero attached hydrogens (tertiary/aromatic N) is 5. The fourth-order valence-corrected chi connectivity index (χ4v) is 3.93. The number of rotatable bonds is 4. The monoisotopic (exact) mass is 441 g/mol. The predicted molar refractivity (Wildman–Crippen MR) is 121 cm³/mol. The zero-order valence-electron chi connectivity index (χ0n) is 17.8. The van der Waals surface area contributed by atoms with Gasteiger partial charge in [0.05, 0.1) is 24.6 Å². The van der Waals surface area contributed by atoms with Crippen LogP contribution < -0.4 is 19.8 Å². The standard InChI is InChI=1S/C24H19N5O4/c1-31-17-5-3-16(4-6-17)22-26-24-25-13-18-19(29(24)27-22)8-9-28(23(18)30)14-15-2-7-20-21(12-15)33-11-10-32-20/h2-9,12-13H,10-11,14H2,1H3. The summed E-state index contributed by atoms with van der Waals surface area (Å²) in [5.74, 6) is 3.13. The summed E-state index contributed by atoms with van der Waals surface area (Å²) < 4.78 is 19.7. The molecule has 0 N–H and O–H groups in total. The van der Waals surface area contributed by atoms with E-state index in [0.29, 0.717) is 48.0 Å². The molecule has 5 aromatic rings. The summed E-state index contributed by atoms with van der Waals surface area (Å²) in [6, 6.07) is 15.0. The van der Waals surface area contributed by atoms with Crippen molar-refractivity contribution >= 4 is 16.7 Å². The third-order valence-corrected chi connectivity index (χ3v) is 5.61. The maximum absolute atomic E-state index is 13.2. The minimum atomic E-state index is -0.154. The van der Waals surface area contributed by atoms with Crippen LogP contribution in [0.2, 0.25) is 0 Å². The van der Waals surface area contributed by atoms with E-state index < -0.39 is 0 Å². The predicted octanol–water partition coefficient (Wildman–Crippen LogP) is 2.93. The Morgan fingerprint density at radius 3 is 2.67 bits per heavy atom. The van der Waals surface area contributed by atoms with Gasteiger partial charge in [0.2, 0.25) is 0 Å². The summed E-state index contributed by atoms with van der Waals surface area (Å²) in [6.45, 7) is 1.46. The third-order valence-electron chi connectivity index (χ3n) is 5.61. The highest BCUT2D eigenvalue weighted by Gasteiger charge is 2.15. The second-order valence-corrected chi connectivity index (χ2v) is 7.66. The van der Waals surface area contributed by atoms with Gasteiger partial charge >= 0.3 is 0 Å². The molecule has 9 heteroatoms. The Balaban J connectivity index is 1.38. The smallest absolute Gasteiger partial charge is 0.261 e. The van der Waals surface area contributed by atoms with Crippen molar-refractivity contribution < 1.29 is 14.2 Å². The van der Waals surface area contributed by atoms with E-state index in [1.807, 2.05) is 48.5 Å². The second kappa shape index (κ2) is 7.63. The lowest BCUT2D eigenvalue weighted by molar-refractivity contribution is 0.171. The Morgan fingerprint density at radius 1 is 1.03 bits per heavy atom. The normalized spacial score (nSPS) is 12.9. The Morgan fingerprint density at radius 2 is 1.85 bits per heavy atom. The number of hydrogen-bond acceptors (Lipinski definition) is 7. The van der Waals surface area contributed by atoms with E-state index in [-0.39, 0.29) is 5.56 Å². The van der Waals surface area contributed by atoms with Crippen LogP contribution >= 0.6 is 0 Å². The zero-order chi connectivity index (χ0) is 22.4. The van der Waals surface area contributed by atoms with Gasteiger partial charge in [0.15, 0.2) is 17.3 Å². The van der Waals surface area contributed by atoms with Crippen molar-refractivity contribution in [3.05, 3.63) is 76.8 Å². The van der Waals surface area contributed by atoms with Gasteiger partial charge < -0.3 is 18.8 Å². The summed E-state index contributed by atoms with van der Waals surface area (Å²) in [4.78, 5) is 22.1. The molecule has 164 valence electrons. The van der Waals surface area contributed by atoms with Gasteiger partial charge in [-0.3, -0.25) is 4.79 Å². The van der Waals surface area contributed by atoms with Crippen molar-refractivity contribution in [2.45, 2.75) is 6.54 Å². The van der Waals surface area contributed by atoms with Crippen LogP contribution in [0.5, 0.6) is 17.2 Å². The molecule has 9 nitrogen and oxygen atoms in total. The summed E-state index contributed by atoms with van der Waals surface area (Å²) in [6.07, 6.45) is 3.31. The lowest BCUT2D eigenvalue weighted by Gasteiger charge is -2.19. The zero-order valence-corrected chi connectivity index (χ0v) is 17.8. The molecule has 2 aromatic carbocycles. The van der Waals surface area contributed by atoms with E-state index >= 15 is 0 Å². The van der Waals surface area contributed by atoms with E-state index in [2.05, 4.69) is 15.1 Å². The topological polar surface area (TPSA) is 92.8 Å². The Bertz CT molecular complexity index is 1560. The van der Waals surface area contributed by atoms with Crippen LogP contribution in [-0.2, 0) is 6.54 Å². The van der Waals surface area contributed by atoms with Crippen LogP contribution in [0.15, 0.2) is 65.7 Å². The van der Waals surface area contributed by atoms with Crippen molar-refractivity contribution in [2.75, 3.05) is 20.3 Å². The molecule has 0 amide bonds. The quantitative estimate of drug-likeness (QED) is 0.423. The molecule has 3 aromatic heterocycles. The van der Waals surface area contributed by atoms with Gasteiger partial charge in [-0.05, 0) is 48.0 Å². The van der Waals surface area contributed by atoms with E-state index in [9.17, 15) is 4.79 Å². The Hall–Kier alpha value is -4.40. The maximum Gasteiger partial charge on any atom is 0.261 e. The number of benzene rings is 2. The first-order chi connectivity index (χ1) is 16.2. The van der Waals surface area contributed by atoms with Crippen molar-refractivity contribution in [3.8, 4) is 28.6 Å². The first-order valence-corrected chi connectivity index (χ1v) is 10.5. The molecular weight excluding hydrogens is 422 g/mol. The average molecular weight is 441 g/mol. The van der Waals surface area contributed by atoms with Gasteiger partial charge in [0.1, 0.15) is 19.0 Å².